The van der Waals surface area contributed by atoms with E-state index < -0.39 is 0 Å². The van der Waals surface area contributed by atoms with Crippen molar-refractivity contribution in [2.45, 2.75) is 43.8 Å². The van der Waals surface area contributed by atoms with E-state index in [4.69, 9.17) is 0 Å². The lowest BCUT2D eigenvalue weighted by atomic mass is 10.00. The Labute approximate surface area is 106 Å². The van der Waals surface area contributed by atoms with Gasteiger partial charge in [-0.05, 0) is 25.7 Å². The summed E-state index contributed by atoms with van der Waals surface area (Å²) in [7, 11) is 0. The van der Waals surface area contributed by atoms with Crippen LogP contribution in [0.25, 0.3) is 0 Å². The summed E-state index contributed by atoms with van der Waals surface area (Å²) in [5.41, 5.74) is 0.367. The third-order valence-electron chi connectivity index (χ3n) is 3.48. The van der Waals surface area contributed by atoms with Crippen LogP contribution in [0, 0.1) is 0 Å². The number of nitrogens with zero attached hydrogens (tertiary/aromatic N) is 1. The molecule has 17 heavy (non-hydrogen) atoms. The predicted octanol–water partition coefficient (Wildman–Crippen LogP) is 1.11. The van der Waals surface area contributed by atoms with Crippen molar-refractivity contribution in [1.82, 2.24) is 15.8 Å². The maximum Gasteiger partial charge on any atom is 0.273 e. The molecule has 0 radical (unpaired) electrons. The van der Waals surface area contributed by atoms with Crippen molar-refractivity contribution in [3.63, 3.8) is 0 Å². The van der Waals surface area contributed by atoms with E-state index >= 15 is 0 Å². The van der Waals surface area contributed by atoms with E-state index in [0.29, 0.717) is 17.8 Å². The van der Waals surface area contributed by atoms with E-state index in [2.05, 4.69) is 20.3 Å². The number of piperidine rings is 1. The minimum atomic E-state index is -0.125. The molecule has 0 saturated carbocycles. The second-order valence-electron chi connectivity index (χ2n) is 4.66. The Morgan fingerprint density at radius 3 is 2.71 bits per heavy atom. The molecule has 2 unspecified atom stereocenters. The van der Waals surface area contributed by atoms with Crippen LogP contribution in [0.3, 0.4) is 0 Å². The Morgan fingerprint density at radius 2 is 2.12 bits per heavy atom. The first-order valence-electron chi connectivity index (χ1n) is 5.78. The van der Waals surface area contributed by atoms with Crippen LogP contribution < -0.4 is 10.6 Å². The molecule has 94 valence electrons. The maximum atomic E-state index is 11.8. The minimum Gasteiger partial charge on any atom is -0.364 e. The zero-order valence-corrected chi connectivity index (χ0v) is 10.2. The zero-order chi connectivity index (χ0) is 11.0. The Balaban J connectivity index is 0.00000108. The van der Waals surface area contributed by atoms with Gasteiger partial charge in [0.15, 0.2) is 5.69 Å². The average molecular weight is 258 g/mol. The number of halogens is 1. The van der Waals surface area contributed by atoms with Gasteiger partial charge >= 0.3 is 0 Å². The van der Waals surface area contributed by atoms with Gasteiger partial charge in [0.25, 0.3) is 5.91 Å². The fraction of sp³-hybridized carbons (Fsp3) is 0.636. The predicted molar refractivity (Wildman–Crippen MR) is 64.2 cm³/mol. The smallest absolute Gasteiger partial charge is 0.273 e. The van der Waals surface area contributed by atoms with Gasteiger partial charge in [-0.1, -0.05) is 5.16 Å². The molecule has 0 aromatic carbocycles. The normalized spacial score (nSPS) is 30.7. The van der Waals surface area contributed by atoms with E-state index in [9.17, 15) is 4.79 Å². The Kier molecular flexibility index (Phi) is 3.69. The summed E-state index contributed by atoms with van der Waals surface area (Å²) >= 11 is 0. The molecule has 5 nitrogen and oxygen atoms in total. The van der Waals surface area contributed by atoms with Crippen LogP contribution in [0.2, 0.25) is 0 Å². The van der Waals surface area contributed by atoms with Crippen LogP contribution in [-0.4, -0.2) is 29.2 Å². The Morgan fingerprint density at radius 1 is 1.41 bits per heavy atom. The molecule has 2 N–H and O–H groups in total. The van der Waals surface area contributed by atoms with Gasteiger partial charge in [-0.2, -0.15) is 0 Å². The first kappa shape index (κ1) is 12.4. The molecule has 3 heterocycles. The van der Waals surface area contributed by atoms with Crippen molar-refractivity contribution >= 4 is 18.3 Å². The van der Waals surface area contributed by atoms with E-state index in [1.165, 1.54) is 19.1 Å². The quantitative estimate of drug-likeness (QED) is 0.833. The van der Waals surface area contributed by atoms with Gasteiger partial charge in [0.1, 0.15) is 6.26 Å². The van der Waals surface area contributed by atoms with Gasteiger partial charge in [-0.15, -0.1) is 12.4 Å². The molecule has 1 aromatic rings. The maximum absolute atomic E-state index is 11.8. The molecule has 1 amide bonds. The Bertz CT molecular complexity index is 370. The molecule has 2 fully saturated rings. The molecule has 0 aliphatic carbocycles. The van der Waals surface area contributed by atoms with Crippen LogP contribution in [0.5, 0.6) is 0 Å². The van der Waals surface area contributed by atoms with Crippen molar-refractivity contribution in [1.29, 1.82) is 0 Å². The molecule has 2 atom stereocenters. The molecule has 1 aromatic heterocycles. The summed E-state index contributed by atoms with van der Waals surface area (Å²) in [6, 6.07) is 3.04. The van der Waals surface area contributed by atoms with Crippen molar-refractivity contribution in [3.05, 3.63) is 18.0 Å². The molecular weight excluding hydrogens is 242 g/mol. The summed E-state index contributed by atoms with van der Waals surface area (Å²) < 4.78 is 4.66. The molecule has 2 aliphatic rings. The van der Waals surface area contributed by atoms with Gasteiger partial charge in [-0.25, -0.2) is 0 Å². The minimum absolute atomic E-state index is 0. The van der Waals surface area contributed by atoms with E-state index in [1.807, 2.05) is 0 Å². The first-order valence-corrected chi connectivity index (χ1v) is 5.78. The molecular formula is C11H16ClN3O2. The highest BCUT2D eigenvalue weighted by Gasteiger charge is 2.34. The number of hydrogen-bond acceptors (Lipinski definition) is 4. The van der Waals surface area contributed by atoms with Crippen molar-refractivity contribution < 1.29 is 9.32 Å². The van der Waals surface area contributed by atoms with Gasteiger partial charge in [0.2, 0.25) is 0 Å². The number of hydrogen-bond donors (Lipinski definition) is 2. The van der Waals surface area contributed by atoms with Crippen LogP contribution in [-0.2, 0) is 0 Å². The Hall–Kier alpha value is -1.07. The molecule has 2 bridgehead atoms. The number of aromatic nitrogens is 1. The van der Waals surface area contributed by atoms with Crippen molar-refractivity contribution in [3.8, 4) is 0 Å². The summed E-state index contributed by atoms with van der Waals surface area (Å²) in [5.74, 6) is -0.125. The SMILES string of the molecule is Cl.O=C(NC1CC2CCC(C1)N2)c1ccon1. The molecule has 0 spiro atoms. The number of carbonyl (C=O) groups excluding carboxylic acids is 1. The lowest BCUT2D eigenvalue weighted by Crippen LogP contribution is -2.48. The molecule has 3 rings (SSSR count). The highest BCUT2D eigenvalue weighted by molar-refractivity contribution is 5.92. The van der Waals surface area contributed by atoms with Crippen molar-refractivity contribution in [2.24, 2.45) is 0 Å². The standard InChI is InChI=1S/C11H15N3O2.ClH/c15-11(10-3-4-16-14-10)13-9-5-7-1-2-8(6-9)12-7;/h3-4,7-9,12H,1-2,5-6H2,(H,13,15);1H. The summed E-state index contributed by atoms with van der Waals surface area (Å²) in [5, 5.41) is 10.2. The number of carbonyl (C=O) groups is 1. The van der Waals surface area contributed by atoms with Crippen molar-refractivity contribution in [2.75, 3.05) is 0 Å². The molecule has 2 aliphatic heterocycles. The highest BCUT2D eigenvalue weighted by atomic mass is 35.5. The number of fused-ring (bicyclic) bond motifs is 2. The lowest BCUT2D eigenvalue weighted by molar-refractivity contribution is 0.0915. The average Bonchev–Trinajstić information content (AvgIpc) is 2.88. The van der Waals surface area contributed by atoms with Gasteiger partial charge in [-0.3, -0.25) is 4.79 Å². The lowest BCUT2D eigenvalue weighted by Gasteiger charge is -2.29. The topological polar surface area (TPSA) is 67.2 Å². The summed E-state index contributed by atoms with van der Waals surface area (Å²) in [6.07, 6.45) is 5.95. The summed E-state index contributed by atoms with van der Waals surface area (Å²) in [6.45, 7) is 0. The van der Waals surface area contributed by atoms with Crippen LogP contribution in [0.1, 0.15) is 36.2 Å². The summed E-state index contributed by atoms with van der Waals surface area (Å²) in [4.78, 5) is 11.8. The van der Waals surface area contributed by atoms with E-state index in [-0.39, 0.29) is 24.4 Å². The largest absolute Gasteiger partial charge is 0.364 e. The third kappa shape index (κ3) is 2.61. The number of nitrogens with one attached hydrogen (secondary N) is 2. The van der Waals surface area contributed by atoms with E-state index in [1.54, 1.807) is 6.07 Å². The number of amides is 1. The van der Waals surface area contributed by atoms with Gasteiger partial charge in [0, 0.05) is 24.2 Å². The van der Waals surface area contributed by atoms with Crippen LogP contribution >= 0.6 is 12.4 Å². The van der Waals surface area contributed by atoms with Gasteiger partial charge < -0.3 is 15.2 Å². The second-order valence-corrected chi connectivity index (χ2v) is 4.66. The second kappa shape index (κ2) is 5.06. The third-order valence-corrected chi connectivity index (χ3v) is 3.48. The highest BCUT2D eigenvalue weighted by Crippen LogP contribution is 2.26. The van der Waals surface area contributed by atoms with Crippen LogP contribution in [0.15, 0.2) is 16.9 Å². The van der Waals surface area contributed by atoms with E-state index in [0.717, 1.165) is 12.8 Å². The monoisotopic (exact) mass is 257 g/mol. The van der Waals surface area contributed by atoms with Gasteiger partial charge in [0.05, 0.1) is 0 Å². The zero-order valence-electron chi connectivity index (χ0n) is 9.39. The molecule has 6 heteroatoms. The fourth-order valence-corrected chi connectivity index (χ4v) is 2.76. The number of rotatable bonds is 2. The fourth-order valence-electron chi connectivity index (χ4n) is 2.76. The first-order chi connectivity index (χ1) is 7.81. The molecule has 2 saturated heterocycles. The van der Waals surface area contributed by atoms with Crippen LogP contribution in [0.4, 0.5) is 0 Å².